The predicted molar refractivity (Wildman–Crippen MR) is 175 cm³/mol. The van der Waals surface area contributed by atoms with Gasteiger partial charge in [-0.25, -0.2) is 4.98 Å². The molecule has 47 heavy (non-hydrogen) atoms. The number of hydrogen-bond donors (Lipinski definition) is 3. The average molecular weight is 631 g/mol. The summed E-state index contributed by atoms with van der Waals surface area (Å²) in [5, 5.41) is 17.1. The van der Waals surface area contributed by atoms with E-state index in [1.165, 1.54) is 17.1 Å². The van der Waals surface area contributed by atoms with Crippen LogP contribution in [0, 0.1) is 13.8 Å². The van der Waals surface area contributed by atoms with Crippen molar-refractivity contribution in [2.24, 2.45) is 0 Å². The third kappa shape index (κ3) is 7.14. The van der Waals surface area contributed by atoms with Crippen LogP contribution in [0.2, 0.25) is 0 Å². The molecule has 238 valence electrons. The summed E-state index contributed by atoms with van der Waals surface area (Å²) in [6, 6.07) is 16.1. The number of aryl methyl sites for hydroxylation is 2. The number of anilines is 1. The summed E-state index contributed by atoms with van der Waals surface area (Å²) in [7, 11) is 0. The van der Waals surface area contributed by atoms with E-state index >= 15 is 0 Å². The molecule has 0 aliphatic carbocycles. The van der Waals surface area contributed by atoms with Gasteiger partial charge in [0.25, 0.3) is 0 Å². The van der Waals surface area contributed by atoms with Crippen LogP contribution in [0.5, 0.6) is 0 Å². The fourth-order valence-corrected chi connectivity index (χ4v) is 5.90. The molecule has 1 unspecified atom stereocenters. The smallest absolute Gasteiger partial charge is 0.244 e. The monoisotopic (exact) mass is 630 g/mol. The number of amides is 3. The second-order valence-electron chi connectivity index (χ2n) is 11.4. The molecule has 0 radical (unpaired) electrons. The lowest BCUT2D eigenvalue weighted by Crippen LogP contribution is -2.36. The van der Waals surface area contributed by atoms with Crippen molar-refractivity contribution in [3.05, 3.63) is 108 Å². The van der Waals surface area contributed by atoms with Crippen LogP contribution in [0.1, 0.15) is 59.6 Å². The Morgan fingerprint density at radius 2 is 1.89 bits per heavy atom. The minimum Gasteiger partial charge on any atom is -0.344 e. The highest BCUT2D eigenvalue weighted by molar-refractivity contribution is 5.93. The summed E-state index contributed by atoms with van der Waals surface area (Å²) in [5.41, 5.74) is 6.45. The second kappa shape index (κ2) is 14.0. The van der Waals surface area contributed by atoms with E-state index in [-0.39, 0.29) is 24.3 Å². The Morgan fingerprint density at radius 3 is 2.64 bits per heavy atom. The molecule has 2 aromatic carbocycles. The number of likely N-dealkylation sites (tertiary alicyclic amines) is 1. The zero-order valence-corrected chi connectivity index (χ0v) is 26.0. The molecule has 1 saturated heterocycles. The minimum absolute atomic E-state index is 0.00999. The van der Waals surface area contributed by atoms with Crippen molar-refractivity contribution in [1.82, 2.24) is 45.4 Å². The van der Waals surface area contributed by atoms with E-state index in [9.17, 15) is 14.4 Å². The number of aromatic amines is 1. The molecule has 0 spiro atoms. The highest BCUT2D eigenvalue weighted by Crippen LogP contribution is 2.33. The SMILES string of the molecule is Cc1ccc(-n2cnnn2)c(/C=C/C(=O)N[C@@H](CC(=O)N2CCCC2c2ccncc2)c2nc(-c3ccc(NC=O)cc3)c(C)[nH]2)c1. The van der Waals surface area contributed by atoms with E-state index < -0.39 is 6.04 Å². The quantitative estimate of drug-likeness (QED) is 0.144. The van der Waals surface area contributed by atoms with E-state index in [2.05, 4.69) is 36.1 Å². The first kappa shape index (κ1) is 31.0. The van der Waals surface area contributed by atoms with Crippen LogP contribution < -0.4 is 10.6 Å². The molecule has 3 aromatic heterocycles. The van der Waals surface area contributed by atoms with Gasteiger partial charge in [-0.15, -0.1) is 5.10 Å². The molecule has 1 fully saturated rings. The van der Waals surface area contributed by atoms with Crippen LogP contribution in [-0.2, 0) is 14.4 Å². The number of aromatic nitrogens is 7. The van der Waals surface area contributed by atoms with Gasteiger partial charge in [0.05, 0.1) is 29.9 Å². The van der Waals surface area contributed by atoms with Crippen molar-refractivity contribution in [3.8, 4) is 16.9 Å². The average Bonchev–Trinajstić information content (AvgIpc) is 3.87. The van der Waals surface area contributed by atoms with Gasteiger partial charge in [0.2, 0.25) is 18.2 Å². The lowest BCUT2D eigenvalue weighted by Gasteiger charge is -2.27. The normalized spacial score (nSPS) is 15.1. The van der Waals surface area contributed by atoms with Gasteiger partial charge in [-0.05, 0) is 85.2 Å². The van der Waals surface area contributed by atoms with Crippen LogP contribution in [0.25, 0.3) is 23.0 Å². The summed E-state index contributed by atoms with van der Waals surface area (Å²) >= 11 is 0. The van der Waals surface area contributed by atoms with Crippen LogP contribution in [0.3, 0.4) is 0 Å². The van der Waals surface area contributed by atoms with Gasteiger partial charge in [0, 0.05) is 47.5 Å². The maximum Gasteiger partial charge on any atom is 0.244 e. The number of imidazole rings is 1. The summed E-state index contributed by atoms with van der Waals surface area (Å²) in [4.78, 5) is 52.4. The summed E-state index contributed by atoms with van der Waals surface area (Å²) in [6.45, 7) is 4.48. The van der Waals surface area contributed by atoms with Crippen molar-refractivity contribution in [1.29, 1.82) is 0 Å². The largest absolute Gasteiger partial charge is 0.344 e. The number of pyridine rings is 1. The Kier molecular flexibility index (Phi) is 9.23. The molecule has 4 heterocycles. The number of rotatable bonds is 11. The summed E-state index contributed by atoms with van der Waals surface area (Å²) in [6.07, 6.45) is 10.5. The van der Waals surface area contributed by atoms with Gasteiger partial charge in [0.1, 0.15) is 12.2 Å². The molecule has 1 aliphatic rings. The molecular formula is C34H34N10O3. The topological polar surface area (TPSA) is 164 Å². The highest BCUT2D eigenvalue weighted by Gasteiger charge is 2.32. The van der Waals surface area contributed by atoms with Crippen LogP contribution in [0.4, 0.5) is 5.69 Å². The fraction of sp³-hybridized carbons (Fsp3) is 0.235. The number of carbonyl (C=O) groups excluding carboxylic acids is 3. The maximum absolute atomic E-state index is 13.9. The number of hydrogen-bond acceptors (Lipinski definition) is 8. The van der Waals surface area contributed by atoms with E-state index in [1.807, 2.05) is 61.2 Å². The Hall–Kier alpha value is -5.98. The maximum atomic E-state index is 13.9. The van der Waals surface area contributed by atoms with Crippen LogP contribution >= 0.6 is 0 Å². The number of H-pyrrole nitrogens is 1. The minimum atomic E-state index is -0.738. The molecule has 13 heteroatoms. The molecule has 5 aromatic rings. The Morgan fingerprint density at radius 1 is 1.09 bits per heavy atom. The predicted octanol–water partition coefficient (Wildman–Crippen LogP) is 4.26. The Labute approximate surface area is 271 Å². The molecule has 0 bridgehead atoms. The van der Waals surface area contributed by atoms with Gasteiger partial charge >= 0.3 is 0 Å². The van der Waals surface area contributed by atoms with Gasteiger partial charge in [-0.1, -0.05) is 23.8 Å². The molecule has 3 N–H and O–H groups in total. The van der Waals surface area contributed by atoms with E-state index in [0.717, 1.165) is 40.8 Å². The number of tetrazole rings is 1. The summed E-state index contributed by atoms with van der Waals surface area (Å²) < 4.78 is 1.53. The van der Waals surface area contributed by atoms with E-state index in [0.29, 0.717) is 35.8 Å². The molecular weight excluding hydrogens is 596 g/mol. The van der Waals surface area contributed by atoms with Gasteiger partial charge < -0.3 is 20.5 Å². The van der Waals surface area contributed by atoms with Gasteiger partial charge in [0.15, 0.2) is 0 Å². The zero-order valence-electron chi connectivity index (χ0n) is 26.0. The van der Waals surface area contributed by atoms with Crippen molar-refractivity contribution < 1.29 is 14.4 Å². The molecule has 3 amide bonds. The van der Waals surface area contributed by atoms with Crippen molar-refractivity contribution in [2.75, 3.05) is 11.9 Å². The molecule has 1 aliphatic heterocycles. The first-order chi connectivity index (χ1) is 22.9. The lowest BCUT2D eigenvalue weighted by molar-refractivity contribution is -0.133. The van der Waals surface area contributed by atoms with E-state index in [4.69, 9.17) is 4.98 Å². The van der Waals surface area contributed by atoms with Crippen LogP contribution in [0.15, 0.2) is 79.4 Å². The molecule has 13 nitrogen and oxygen atoms in total. The number of benzene rings is 2. The number of carbonyl (C=O) groups is 3. The third-order valence-electron chi connectivity index (χ3n) is 8.17. The molecule has 2 atom stereocenters. The van der Waals surface area contributed by atoms with Crippen molar-refractivity contribution in [2.45, 2.75) is 45.2 Å². The number of nitrogens with zero attached hydrogens (tertiary/aromatic N) is 7. The molecule has 0 saturated carbocycles. The molecule has 6 rings (SSSR count). The standard InChI is InChI=1S/C34H34N10O3/c1-22-5-11-30(44-20-37-41-42-44)26(18-22)8-12-31(46)39-28(19-32(47)43-17-3-4-29(43)24-13-15-35-16-14-24)34-38-23(2)33(40-34)25-6-9-27(10-7-25)36-21-45/h5-16,18,20-21,28-29H,3-4,17,19H2,1-2H3,(H,36,45)(H,38,40)(H,39,46)/b12-8+/t28-,29?/m0/s1. The fourth-order valence-electron chi connectivity index (χ4n) is 5.90. The van der Waals surface area contributed by atoms with E-state index in [1.54, 1.807) is 30.6 Å². The second-order valence-corrected chi connectivity index (χ2v) is 11.4. The first-order valence-electron chi connectivity index (χ1n) is 15.3. The number of nitrogens with one attached hydrogen (secondary N) is 3. The summed E-state index contributed by atoms with van der Waals surface area (Å²) in [5.74, 6) is -0.00982. The third-order valence-corrected chi connectivity index (χ3v) is 8.17. The highest BCUT2D eigenvalue weighted by atomic mass is 16.2. The zero-order chi connectivity index (χ0) is 32.8. The Balaban J connectivity index is 1.27. The van der Waals surface area contributed by atoms with Gasteiger partial charge in [-0.2, -0.15) is 4.68 Å². The van der Waals surface area contributed by atoms with Crippen molar-refractivity contribution in [3.63, 3.8) is 0 Å². The Bertz CT molecular complexity index is 1890. The van der Waals surface area contributed by atoms with Crippen LogP contribution in [-0.4, -0.2) is 64.8 Å². The first-order valence-corrected chi connectivity index (χ1v) is 15.3. The van der Waals surface area contributed by atoms with Crippen molar-refractivity contribution >= 4 is 30.0 Å². The lowest BCUT2D eigenvalue weighted by atomic mass is 10.1. The van der Waals surface area contributed by atoms with Gasteiger partial charge in [-0.3, -0.25) is 19.4 Å².